The zero-order valence-corrected chi connectivity index (χ0v) is 16.2. The van der Waals surface area contributed by atoms with Gasteiger partial charge in [-0.1, -0.05) is 11.8 Å². The zero-order valence-electron chi connectivity index (χ0n) is 14.6. The van der Waals surface area contributed by atoms with E-state index in [1.165, 1.54) is 30.8 Å². The van der Waals surface area contributed by atoms with E-state index in [1.807, 2.05) is 30.5 Å². The average molecular weight is 374 g/mol. The average Bonchev–Trinajstić information content (AvgIpc) is 3.04. The first-order valence-electron chi connectivity index (χ1n) is 8.85. The van der Waals surface area contributed by atoms with E-state index in [1.54, 1.807) is 23.1 Å². The molecule has 4 heterocycles. The van der Waals surface area contributed by atoms with Crippen LogP contribution >= 0.6 is 23.1 Å². The van der Waals surface area contributed by atoms with Crippen LogP contribution in [0.5, 0.6) is 0 Å². The van der Waals surface area contributed by atoms with Crippen molar-refractivity contribution in [1.29, 1.82) is 0 Å². The molecule has 0 aliphatic carbocycles. The Bertz CT molecular complexity index is 748. The van der Waals surface area contributed by atoms with E-state index < -0.39 is 0 Å². The minimum Gasteiger partial charge on any atom is -0.347 e. The van der Waals surface area contributed by atoms with Crippen molar-refractivity contribution in [2.24, 2.45) is 5.92 Å². The van der Waals surface area contributed by atoms with Crippen LogP contribution in [0, 0.1) is 12.8 Å². The summed E-state index contributed by atoms with van der Waals surface area (Å²) in [5.74, 6) is 0.680. The number of piperidine rings is 3. The maximum absolute atomic E-state index is 12.7. The molecule has 3 aliphatic heterocycles. The second-order valence-corrected chi connectivity index (χ2v) is 9.53. The van der Waals surface area contributed by atoms with Crippen LogP contribution < -0.4 is 5.32 Å². The number of benzene rings is 1. The van der Waals surface area contributed by atoms with Crippen LogP contribution in [-0.2, 0) is 0 Å². The van der Waals surface area contributed by atoms with Gasteiger partial charge in [0, 0.05) is 33.6 Å². The summed E-state index contributed by atoms with van der Waals surface area (Å²) >= 11 is 3.34. The first-order chi connectivity index (χ1) is 12.1. The highest BCUT2D eigenvalue weighted by Gasteiger charge is 2.40. The lowest BCUT2D eigenvalue weighted by atomic mass is 9.79. The number of amides is 1. The molecule has 0 saturated carbocycles. The lowest BCUT2D eigenvalue weighted by Crippen LogP contribution is -2.62. The number of carbonyl (C=O) groups is 1. The molecule has 25 heavy (non-hydrogen) atoms. The molecular weight excluding hydrogens is 350 g/mol. The number of nitrogens with one attached hydrogen (secondary N) is 1. The van der Waals surface area contributed by atoms with Gasteiger partial charge >= 0.3 is 0 Å². The lowest BCUT2D eigenvalue weighted by Gasteiger charge is -2.49. The van der Waals surface area contributed by atoms with Crippen LogP contribution in [0.4, 0.5) is 0 Å². The van der Waals surface area contributed by atoms with Crippen molar-refractivity contribution < 1.29 is 4.79 Å². The van der Waals surface area contributed by atoms with E-state index >= 15 is 0 Å². The van der Waals surface area contributed by atoms with Gasteiger partial charge in [-0.25, -0.2) is 4.98 Å². The molecule has 5 rings (SSSR count). The highest BCUT2D eigenvalue weighted by atomic mass is 32.2. The number of hydrogen-bond donors (Lipinski definition) is 1. The Hall–Kier alpha value is -1.37. The van der Waals surface area contributed by atoms with Crippen LogP contribution in [-0.4, -0.2) is 41.0 Å². The largest absolute Gasteiger partial charge is 0.347 e. The van der Waals surface area contributed by atoms with Gasteiger partial charge in [-0.3, -0.25) is 9.69 Å². The first-order valence-corrected chi connectivity index (χ1v) is 10.5. The van der Waals surface area contributed by atoms with Crippen molar-refractivity contribution in [2.45, 2.75) is 48.0 Å². The van der Waals surface area contributed by atoms with E-state index in [2.05, 4.69) is 29.0 Å². The zero-order chi connectivity index (χ0) is 17.4. The summed E-state index contributed by atoms with van der Waals surface area (Å²) in [6.07, 6.45) is 4.31. The summed E-state index contributed by atoms with van der Waals surface area (Å²) in [6.45, 7) is 6.66. The smallest absolute Gasteiger partial charge is 0.251 e. The molecule has 0 radical (unpaired) electrons. The Balaban J connectivity index is 1.40. The van der Waals surface area contributed by atoms with E-state index in [-0.39, 0.29) is 11.9 Å². The summed E-state index contributed by atoms with van der Waals surface area (Å²) < 4.78 is 1.04. The highest BCUT2D eigenvalue weighted by Crippen LogP contribution is 2.33. The normalized spacial score (nSPS) is 28.1. The Morgan fingerprint density at radius 1 is 1.28 bits per heavy atom. The maximum atomic E-state index is 12.7. The third-order valence-corrected chi connectivity index (χ3v) is 7.39. The Morgan fingerprint density at radius 3 is 2.60 bits per heavy atom. The fourth-order valence-electron chi connectivity index (χ4n) is 3.94. The maximum Gasteiger partial charge on any atom is 0.251 e. The molecule has 3 fully saturated rings. The van der Waals surface area contributed by atoms with Gasteiger partial charge in [0.2, 0.25) is 0 Å². The highest BCUT2D eigenvalue weighted by molar-refractivity contribution is 8.01. The molecular formula is C19H23N3OS2. The predicted octanol–water partition coefficient (Wildman–Crippen LogP) is 3.82. The number of rotatable bonds is 4. The number of aromatic nitrogens is 1. The monoisotopic (exact) mass is 373 g/mol. The van der Waals surface area contributed by atoms with Crippen molar-refractivity contribution in [3.63, 3.8) is 0 Å². The van der Waals surface area contributed by atoms with Gasteiger partial charge < -0.3 is 5.32 Å². The first kappa shape index (κ1) is 17.1. The minimum atomic E-state index is 0.0484. The predicted molar refractivity (Wildman–Crippen MR) is 102 cm³/mol. The summed E-state index contributed by atoms with van der Waals surface area (Å²) in [5.41, 5.74) is 0.739. The third kappa shape index (κ3) is 3.61. The van der Waals surface area contributed by atoms with Gasteiger partial charge in [0.15, 0.2) is 4.34 Å². The van der Waals surface area contributed by atoms with Gasteiger partial charge in [0.1, 0.15) is 0 Å². The van der Waals surface area contributed by atoms with Crippen LogP contribution in [0.25, 0.3) is 0 Å². The molecule has 3 aliphatic rings. The van der Waals surface area contributed by atoms with Crippen molar-refractivity contribution in [3.05, 3.63) is 40.9 Å². The van der Waals surface area contributed by atoms with Crippen LogP contribution in [0.2, 0.25) is 0 Å². The minimum absolute atomic E-state index is 0.0484. The van der Waals surface area contributed by atoms with E-state index in [0.29, 0.717) is 12.0 Å². The van der Waals surface area contributed by atoms with Gasteiger partial charge in [-0.15, -0.1) is 11.3 Å². The molecule has 4 nitrogen and oxygen atoms in total. The number of hydrogen-bond acceptors (Lipinski definition) is 5. The molecule has 1 aromatic carbocycles. The van der Waals surface area contributed by atoms with E-state index in [4.69, 9.17) is 0 Å². The van der Waals surface area contributed by atoms with Gasteiger partial charge in [-0.2, -0.15) is 0 Å². The molecule has 2 atom stereocenters. The van der Waals surface area contributed by atoms with Crippen molar-refractivity contribution in [2.75, 3.05) is 13.1 Å². The number of fused-ring (bicyclic) bond motifs is 3. The van der Waals surface area contributed by atoms with Crippen molar-refractivity contribution >= 4 is 29.0 Å². The molecule has 132 valence electrons. The summed E-state index contributed by atoms with van der Waals surface area (Å²) in [6, 6.07) is 8.59. The SMILES string of the molecule is Cc1cnc(Sc2ccc(C(=O)N[C@@H]3C4CCN(CC4)[C@H]3C)cc2)s1. The quantitative estimate of drug-likeness (QED) is 0.885. The summed E-state index contributed by atoms with van der Waals surface area (Å²) in [7, 11) is 0. The Kier molecular flexibility index (Phi) is 4.84. The van der Waals surface area contributed by atoms with Crippen molar-refractivity contribution in [1.82, 2.24) is 15.2 Å². The molecule has 0 unspecified atom stereocenters. The number of carbonyl (C=O) groups excluding carboxylic acids is 1. The lowest BCUT2D eigenvalue weighted by molar-refractivity contribution is 0.0217. The molecule has 2 bridgehead atoms. The Morgan fingerprint density at radius 2 is 2.00 bits per heavy atom. The van der Waals surface area contributed by atoms with Crippen molar-refractivity contribution in [3.8, 4) is 0 Å². The number of thiazole rings is 1. The van der Waals surface area contributed by atoms with Gasteiger partial charge in [-0.05, 0) is 70.0 Å². The molecule has 2 aromatic rings. The van der Waals surface area contributed by atoms with Crippen LogP contribution in [0.3, 0.4) is 0 Å². The molecule has 6 heteroatoms. The molecule has 1 N–H and O–H groups in total. The second kappa shape index (κ2) is 7.09. The molecule has 1 amide bonds. The Labute approximate surface area is 157 Å². The summed E-state index contributed by atoms with van der Waals surface area (Å²) in [5, 5.41) is 3.29. The topological polar surface area (TPSA) is 45.2 Å². The molecule has 1 aromatic heterocycles. The fraction of sp³-hybridized carbons (Fsp3) is 0.474. The van der Waals surface area contributed by atoms with Gasteiger partial charge in [0.25, 0.3) is 5.91 Å². The number of aryl methyl sites for hydroxylation is 1. The number of nitrogens with zero attached hydrogens (tertiary/aromatic N) is 2. The van der Waals surface area contributed by atoms with Gasteiger partial charge in [0.05, 0.1) is 0 Å². The van der Waals surface area contributed by atoms with Crippen LogP contribution in [0.15, 0.2) is 39.7 Å². The molecule has 3 saturated heterocycles. The van der Waals surface area contributed by atoms with E-state index in [0.717, 1.165) is 14.8 Å². The second-order valence-electron chi connectivity index (χ2n) is 6.98. The fourth-order valence-corrected chi connectivity index (χ4v) is 5.85. The summed E-state index contributed by atoms with van der Waals surface area (Å²) in [4.78, 5) is 21.9. The van der Waals surface area contributed by atoms with E-state index in [9.17, 15) is 4.79 Å². The third-order valence-electron chi connectivity index (χ3n) is 5.40. The molecule has 0 spiro atoms. The standard InChI is InChI=1S/C19H23N3OS2/c1-12-11-20-19(24-12)25-16-5-3-15(4-6-16)18(23)21-17-13(2)22-9-7-14(17)8-10-22/h3-6,11,13-14,17H,7-10H2,1-2H3,(H,21,23)/t13-,17-/m0/s1. The van der Waals surface area contributed by atoms with Crippen LogP contribution in [0.1, 0.15) is 35.0 Å².